The number of carbonyl (C=O) groups is 3. The molecule has 0 aliphatic heterocycles. The summed E-state index contributed by atoms with van der Waals surface area (Å²) in [6.07, 6.45) is 4.85. The van der Waals surface area contributed by atoms with Gasteiger partial charge in [0.1, 0.15) is 11.4 Å². The van der Waals surface area contributed by atoms with Crippen LogP contribution < -0.4 is 15.4 Å². The number of para-hydroxylation sites is 1. The Morgan fingerprint density at radius 1 is 0.800 bits per heavy atom. The molecule has 0 spiro atoms. The minimum Gasteiger partial charge on any atom is -0.493 e. The maximum Gasteiger partial charge on any atom is 0.272 e. The standard InChI is InChI=1S/C34H30N2O4/c1-3-40-32-15-8-7-12-27(32)18-21-31(37)26-16-19-29(20-17-26)35-34(39)30(23-25-11-9-10-24(2)22-25)36-33(38)28-13-5-4-6-14-28/h4-23H,3H2,1-2H3,(H,35,39)(H,36,38)/b21-18+,30-23-. The molecule has 6 heteroatoms. The molecule has 0 aliphatic carbocycles. The first-order chi connectivity index (χ1) is 19.4. The molecule has 4 aromatic rings. The van der Waals surface area contributed by atoms with E-state index >= 15 is 0 Å². The molecule has 4 aromatic carbocycles. The lowest BCUT2D eigenvalue weighted by Crippen LogP contribution is -2.30. The second-order valence-electron chi connectivity index (χ2n) is 8.99. The quantitative estimate of drug-likeness (QED) is 0.177. The molecule has 200 valence electrons. The summed E-state index contributed by atoms with van der Waals surface area (Å²) >= 11 is 0. The van der Waals surface area contributed by atoms with E-state index in [1.165, 1.54) is 6.08 Å². The Bertz CT molecular complexity index is 1550. The summed E-state index contributed by atoms with van der Waals surface area (Å²) in [5.41, 5.74) is 4.09. The second-order valence-corrected chi connectivity index (χ2v) is 8.99. The van der Waals surface area contributed by atoms with Gasteiger partial charge in [0.25, 0.3) is 11.8 Å². The lowest BCUT2D eigenvalue weighted by molar-refractivity contribution is -0.113. The van der Waals surface area contributed by atoms with E-state index in [1.807, 2.05) is 68.4 Å². The molecule has 2 N–H and O–H groups in total. The molecule has 0 fully saturated rings. The monoisotopic (exact) mass is 530 g/mol. The van der Waals surface area contributed by atoms with Crippen molar-refractivity contribution in [2.45, 2.75) is 13.8 Å². The van der Waals surface area contributed by atoms with Crippen LogP contribution in [0.15, 0.2) is 115 Å². The first kappa shape index (κ1) is 27.8. The molecule has 0 aromatic heterocycles. The number of rotatable bonds is 10. The van der Waals surface area contributed by atoms with Crippen molar-refractivity contribution in [1.82, 2.24) is 5.32 Å². The summed E-state index contributed by atoms with van der Waals surface area (Å²) in [4.78, 5) is 38.8. The van der Waals surface area contributed by atoms with Crippen molar-refractivity contribution in [2.24, 2.45) is 0 Å². The van der Waals surface area contributed by atoms with E-state index in [2.05, 4.69) is 10.6 Å². The molecular formula is C34H30N2O4. The smallest absolute Gasteiger partial charge is 0.272 e. The average molecular weight is 531 g/mol. The fourth-order valence-electron chi connectivity index (χ4n) is 3.95. The van der Waals surface area contributed by atoms with Crippen LogP contribution in [0.1, 0.15) is 44.3 Å². The molecule has 0 unspecified atom stereocenters. The lowest BCUT2D eigenvalue weighted by atomic mass is 10.1. The van der Waals surface area contributed by atoms with Gasteiger partial charge in [0, 0.05) is 22.4 Å². The predicted octanol–water partition coefficient (Wildman–Crippen LogP) is 6.70. The highest BCUT2D eigenvalue weighted by molar-refractivity contribution is 6.11. The molecule has 6 nitrogen and oxygen atoms in total. The van der Waals surface area contributed by atoms with Crippen LogP contribution in [0.5, 0.6) is 5.75 Å². The number of aryl methyl sites for hydroxylation is 1. The number of nitrogens with one attached hydrogen (secondary N) is 2. The number of anilines is 1. The SMILES string of the molecule is CCOc1ccccc1/C=C/C(=O)c1ccc(NC(=O)/C(=C/c2cccc(C)c2)NC(=O)c2ccccc2)cc1. The van der Waals surface area contributed by atoms with Crippen LogP contribution in [0.4, 0.5) is 5.69 Å². The number of benzene rings is 4. The van der Waals surface area contributed by atoms with Crippen LogP contribution >= 0.6 is 0 Å². The van der Waals surface area contributed by atoms with Crippen LogP contribution in [0, 0.1) is 6.92 Å². The summed E-state index contributed by atoms with van der Waals surface area (Å²) in [6, 6.07) is 30.4. The Balaban J connectivity index is 1.49. The van der Waals surface area contributed by atoms with Gasteiger partial charge in [0.05, 0.1) is 6.61 Å². The summed E-state index contributed by atoms with van der Waals surface area (Å²) in [5.74, 6) is -0.356. The number of hydrogen-bond donors (Lipinski definition) is 2. The number of ketones is 1. The number of amides is 2. The molecule has 2 amide bonds. The molecular weight excluding hydrogens is 500 g/mol. The maximum absolute atomic E-state index is 13.2. The van der Waals surface area contributed by atoms with Crippen LogP contribution in [-0.2, 0) is 4.79 Å². The van der Waals surface area contributed by atoms with Gasteiger partial charge in [-0.15, -0.1) is 0 Å². The molecule has 4 rings (SSSR count). The van der Waals surface area contributed by atoms with Gasteiger partial charge in [0.2, 0.25) is 0 Å². The van der Waals surface area contributed by atoms with Gasteiger partial charge < -0.3 is 15.4 Å². The number of hydrogen-bond acceptors (Lipinski definition) is 4. The molecule has 0 atom stereocenters. The van der Waals surface area contributed by atoms with E-state index in [4.69, 9.17) is 4.74 Å². The van der Waals surface area contributed by atoms with Crippen LogP contribution in [0.2, 0.25) is 0 Å². The van der Waals surface area contributed by atoms with Crippen molar-refractivity contribution in [3.63, 3.8) is 0 Å². The first-order valence-corrected chi connectivity index (χ1v) is 12.9. The Morgan fingerprint density at radius 2 is 1.52 bits per heavy atom. The van der Waals surface area contributed by atoms with Gasteiger partial charge in [-0.25, -0.2) is 0 Å². The predicted molar refractivity (Wildman–Crippen MR) is 159 cm³/mol. The highest BCUT2D eigenvalue weighted by Crippen LogP contribution is 2.20. The summed E-state index contributed by atoms with van der Waals surface area (Å²) in [6.45, 7) is 4.39. The Kier molecular flexibility index (Phi) is 9.40. The zero-order valence-corrected chi connectivity index (χ0v) is 22.4. The van der Waals surface area contributed by atoms with E-state index in [1.54, 1.807) is 60.7 Å². The number of carbonyl (C=O) groups excluding carboxylic acids is 3. The van der Waals surface area contributed by atoms with Gasteiger partial charge in [-0.2, -0.15) is 0 Å². The van der Waals surface area contributed by atoms with Crippen molar-refractivity contribution in [2.75, 3.05) is 11.9 Å². The average Bonchev–Trinajstić information content (AvgIpc) is 2.97. The molecule has 0 radical (unpaired) electrons. The minimum absolute atomic E-state index is 0.0931. The van der Waals surface area contributed by atoms with E-state index in [0.717, 1.165) is 16.7 Å². The van der Waals surface area contributed by atoms with Gasteiger partial charge >= 0.3 is 0 Å². The molecule has 0 saturated heterocycles. The third-order valence-electron chi connectivity index (χ3n) is 5.94. The first-order valence-electron chi connectivity index (χ1n) is 12.9. The normalized spacial score (nSPS) is 11.2. The van der Waals surface area contributed by atoms with Crippen LogP contribution in [0.25, 0.3) is 12.2 Å². The third-order valence-corrected chi connectivity index (χ3v) is 5.94. The zero-order chi connectivity index (χ0) is 28.3. The summed E-state index contributed by atoms with van der Waals surface area (Å²) in [7, 11) is 0. The van der Waals surface area contributed by atoms with Gasteiger partial charge in [0.15, 0.2) is 5.78 Å². The Labute approximate surface area is 234 Å². The second kappa shape index (κ2) is 13.5. The van der Waals surface area contributed by atoms with Crippen molar-refractivity contribution in [3.8, 4) is 5.75 Å². The van der Waals surface area contributed by atoms with Crippen molar-refractivity contribution >= 4 is 35.4 Å². The summed E-state index contributed by atoms with van der Waals surface area (Å²) < 4.78 is 5.61. The minimum atomic E-state index is -0.489. The fraction of sp³-hybridized carbons (Fsp3) is 0.0882. The van der Waals surface area contributed by atoms with Crippen LogP contribution in [0.3, 0.4) is 0 Å². The molecule has 40 heavy (non-hydrogen) atoms. The topological polar surface area (TPSA) is 84.5 Å². The number of ether oxygens (including phenoxy) is 1. The van der Waals surface area contributed by atoms with Gasteiger partial charge in [-0.1, -0.05) is 66.2 Å². The zero-order valence-electron chi connectivity index (χ0n) is 22.4. The van der Waals surface area contributed by atoms with Crippen molar-refractivity contribution in [3.05, 3.63) is 143 Å². The Hall–Kier alpha value is -5.23. The number of allylic oxidation sites excluding steroid dienone is 1. The summed E-state index contributed by atoms with van der Waals surface area (Å²) in [5, 5.41) is 5.54. The molecule has 0 bridgehead atoms. The largest absolute Gasteiger partial charge is 0.493 e. The van der Waals surface area contributed by atoms with E-state index < -0.39 is 11.8 Å². The van der Waals surface area contributed by atoms with Crippen molar-refractivity contribution < 1.29 is 19.1 Å². The van der Waals surface area contributed by atoms with Gasteiger partial charge in [-0.3, -0.25) is 14.4 Å². The third kappa shape index (κ3) is 7.65. The maximum atomic E-state index is 13.2. The Morgan fingerprint density at radius 3 is 2.25 bits per heavy atom. The van der Waals surface area contributed by atoms with Gasteiger partial charge in [-0.05, 0) is 80.1 Å². The molecule has 0 heterocycles. The highest BCUT2D eigenvalue weighted by Gasteiger charge is 2.15. The van der Waals surface area contributed by atoms with E-state index in [0.29, 0.717) is 29.2 Å². The molecule has 0 aliphatic rings. The van der Waals surface area contributed by atoms with E-state index in [9.17, 15) is 14.4 Å². The van der Waals surface area contributed by atoms with Crippen molar-refractivity contribution in [1.29, 1.82) is 0 Å². The fourth-order valence-corrected chi connectivity index (χ4v) is 3.95. The molecule has 0 saturated carbocycles. The lowest BCUT2D eigenvalue weighted by Gasteiger charge is -2.12. The van der Waals surface area contributed by atoms with E-state index in [-0.39, 0.29) is 11.5 Å². The van der Waals surface area contributed by atoms with Crippen LogP contribution in [-0.4, -0.2) is 24.2 Å². The highest BCUT2D eigenvalue weighted by atomic mass is 16.5.